The highest BCUT2D eigenvalue weighted by Crippen LogP contribution is 2.35. The van der Waals surface area contributed by atoms with Gasteiger partial charge in [0.25, 0.3) is 5.22 Å². The first-order chi connectivity index (χ1) is 13.1. The summed E-state index contributed by atoms with van der Waals surface area (Å²) < 4.78 is 18.6. The van der Waals surface area contributed by atoms with Crippen molar-refractivity contribution in [1.29, 1.82) is 0 Å². The van der Waals surface area contributed by atoms with Gasteiger partial charge in [0, 0.05) is 28.9 Å². The number of aliphatic hydroxyl groups is 1. The highest BCUT2D eigenvalue weighted by molar-refractivity contribution is 8.02. The van der Waals surface area contributed by atoms with E-state index in [-0.39, 0.29) is 5.82 Å². The zero-order chi connectivity index (χ0) is 18.8. The predicted molar refractivity (Wildman–Crippen MR) is 101 cm³/mol. The molecule has 8 heteroatoms. The molecule has 1 aliphatic rings. The summed E-state index contributed by atoms with van der Waals surface area (Å²) in [6.45, 7) is 0.941. The lowest BCUT2D eigenvalue weighted by molar-refractivity contribution is 0.235. The Hall–Kier alpha value is -2.68. The van der Waals surface area contributed by atoms with Crippen molar-refractivity contribution in [2.45, 2.75) is 17.9 Å². The Bertz CT molecular complexity index is 957. The van der Waals surface area contributed by atoms with Gasteiger partial charge in [-0.15, -0.1) is 10.2 Å². The molecule has 6 nitrogen and oxygen atoms in total. The molecule has 0 radical (unpaired) electrons. The van der Waals surface area contributed by atoms with Crippen LogP contribution in [0.15, 0.2) is 69.3 Å². The first-order valence-corrected chi connectivity index (χ1v) is 9.17. The maximum atomic E-state index is 13.0. The van der Waals surface area contributed by atoms with Crippen molar-refractivity contribution < 1.29 is 13.9 Å². The standard InChI is InChI=1S/C19H17FN4O2S/c20-14-5-3-13(4-6-14)18-22-23-19(26-18)27-17-11-24(10-16(17)25)15-7-1-12(9-21)2-8-15/h1-8,11,16,25H,9-10,21H2. The number of hydrogen-bond acceptors (Lipinski definition) is 7. The van der Waals surface area contributed by atoms with Crippen LogP contribution < -0.4 is 10.6 Å². The van der Waals surface area contributed by atoms with Crippen molar-refractivity contribution in [2.75, 3.05) is 11.4 Å². The van der Waals surface area contributed by atoms with E-state index in [1.165, 1.54) is 23.9 Å². The Labute approximate surface area is 159 Å². The number of aromatic nitrogens is 2. The third-order valence-corrected chi connectivity index (χ3v) is 5.14. The van der Waals surface area contributed by atoms with Gasteiger partial charge in [-0.3, -0.25) is 0 Å². The summed E-state index contributed by atoms with van der Waals surface area (Å²) in [5.74, 6) is -0.0218. The van der Waals surface area contributed by atoms with Crippen molar-refractivity contribution in [3.05, 3.63) is 71.0 Å². The zero-order valence-electron chi connectivity index (χ0n) is 14.2. The molecule has 0 bridgehead atoms. The van der Waals surface area contributed by atoms with Crippen molar-refractivity contribution in [1.82, 2.24) is 10.2 Å². The molecule has 138 valence electrons. The Morgan fingerprint density at radius 1 is 1.15 bits per heavy atom. The Kier molecular flexibility index (Phi) is 4.93. The summed E-state index contributed by atoms with van der Waals surface area (Å²) in [5, 5.41) is 18.7. The van der Waals surface area contributed by atoms with Crippen LogP contribution in [0.2, 0.25) is 0 Å². The van der Waals surface area contributed by atoms with E-state index in [1.54, 1.807) is 12.1 Å². The summed E-state index contributed by atoms with van der Waals surface area (Å²) in [6, 6.07) is 13.7. The molecule has 3 aromatic rings. The largest absolute Gasteiger partial charge is 0.411 e. The van der Waals surface area contributed by atoms with E-state index in [0.717, 1.165) is 11.3 Å². The monoisotopic (exact) mass is 384 g/mol. The number of thioether (sulfide) groups is 1. The molecule has 2 heterocycles. The number of nitrogens with two attached hydrogens (primary N) is 1. The lowest BCUT2D eigenvalue weighted by Gasteiger charge is -2.16. The molecule has 2 aromatic carbocycles. The van der Waals surface area contributed by atoms with Crippen LogP contribution in [0.4, 0.5) is 10.1 Å². The number of halogens is 1. The fraction of sp³-hybridized carbons (Fsp3) is 0.158. The van der Waals surface area contributed by atoms with Crippen LogP contribution in [0.1, 0.15) is 5.56 Å². The van der Waals surface area contributed by atoms with Gasteiger partial charge in [0.05, 0.1) is 6.54 Å². The van der Waals surface area contributed by atoms with Gasteiger partial charge in [-0.2, -0.15) is 0 Å². The molecule has 1 aliphatic heterocycles. The molecule has 1 atom stereocenters. The summed E-state index contributed by atoms with van der Waals surface area (Å²) >= 11 is 1.22. The molecule has 0 amide bonds. The Balaban J connectivity index is 1.49. The van der Waals surface area contributed by atoms with Crippen LogP contribution in [-0.2, 0) is 6.54 Å². The zero-order valence-corrected chi connectivity index (χ0v) is 15.1. The molecule has 3 N–H and O–H groups in total. The van der Waals surface area contributed by atoms with Crippen molar-refractivity contribution in [2.24, 2.45) is 5.73 Å². The van der Waals surface area contributed by atoms with Crippen LogP contribution in [0.3, 0.4) is 0 Å². The predicted octanol–water partition coefficient (Wildman–Crippen LogP) is 3.15. The topological polar surface area (TPSA) is 88.4 Å². The Morgan fingerprint density at radius 2 is 1.89 bits per heavy atom. The molecule has 1 unspecified atom stereocenters. The third kappa shape index (κ3) is 3.87. The van der Waals surface area contributed by atoms with E-state index in [2.05, 4.69) is 10.2 Å². The van der Waals surface area contributed by atoms with Gasteiger partial charge >= 0.3 is 0 Å². The van der Waals surface area contributed by atoms with Crippen LogP contribution in [0, 0.1) is 5.82 Å². The lowest BCUT2D eigenvalue weighted by Crippen LogP contribution is -2.20. The van der Waals surface area contributed by atoms with Crippen molar-refractivity contribution in [3.63, 3.8) is 0 Å². The van der Waals surface area contributed by atoms with Gasteiger partial charge < -0.3 is 20.2 Å². The third-order valence-electron chi connectivity index (χ3n) is 4.19. The van der Waals surface area contributed by atoms with Crippen LogP contribution in [0.5, 0.6) is 0 Å². The van der Waals surface area contributed by atoms with Gasteiger partial charge in [-0.1, -0.05) is 12.1 Å². The molecular formula is C19H17FN4O2S. The molecule has 0 fully saturated rings. The molecule has 1 aromatic heterocycles. The Morgan fingerprint density at radius 3 is 2.59 bits per heavy atom. The summed E-state index contributed by atoms with van der Waals surface area (Å²) in [4.78, 5) is 2.68. The average Bonchev–Trinajstić information content (AvgIpc) is 3.30. The molecule has 27 heavy (non-hydrogen) atoms. The average molecular weight is 384 g/mol. The molecule has 0 aliphatic carbocycles. The van der Waals surface area contributed by atoms with Gasteiger partial charge in [-0.05, 0) is 53.7 Å². The number of nitrogens with zero attached hydrogens (tertiary/aromatic N) is 3. The van der Waals surface area contributed by atoms with Crippen LogP contribution in [0.25, 0.3) is 11.5 Å². The number of aliphatic hydroxyl groups excluding tert-OH is 1. The van der Waals surface area contributed by atoms with Crippen LogP contribution >= 0.6 is 11.8 Å². The van der Waals surface area contributed by atoms with Gasteiger partial charge in [-0.25, -0.2) is 4.39 Å². The van der Waals surface area contributed by atoms with Gasteiger partial charge in [0.15, 0.2) is 0 Å². The van der Waals surface area contributed by atoms with E-state index in [4.69, 9.17) is 10.2 Å². The minimum atomic E-state index is -0.648. The normalized spacial score (nSPS) is 16.6. The maximum absolute atomic E-state index is 13.0. The molecule has 0 saturated carbocycles. The second kappa shape index (κ2) is 7.51. The molecule has 4 rings (SSSR count). The fourth-order valence-corrected chi connectivity index (χ4v) is 3.52. The number of anilines is 1. The molecular weight excluding hydrogens is 367 g/mol. The minimum Gasteiger partial charge on any atom is -0.411 e. The highest BCUT2D eigenvalue weighted by atomic mass is 32.2. The van der Waals surface area contributed by atoms with E-state index in [1.807, 2.05) is 35.4 Å². The van der Waals surface area contributed by atoms with E-state index < -0.39 is 6.10 Å². The van der Waals surface area contributed by atoms with Gasteiger partial charge in [0.1, 0.15) is 11.9 Å². The summed E-state index contributed by atoms with van der Waals surface area (Å²) in [5.41, 5.74) is 8.29. The van der Waals surface area contributed by atoms with Crippen LogP contribution in [-0.4, -0.2) is 28.0 Å². The summed E-state index contributed by atoms with van der Waals surface area (Å²) in [6.07, 6.45) is 1.22. The number of rotatable bonds is 5. The van der Waals surface area contributed by atoms with Gasteiger partial charge in [0.2, 0.25) is 5.89 Å². The number of hydrogen-bond donors (Lipinski definition) is 2. The second-order valence-corrected chi connectivity index (χ2v) is 7.08. The lowest BCUT2D eigenvalue weighted by atomic mass is 10.2. The van der Waals surface area contributed by atoms with Crippen molar-refractivity contribution in [3.8, 4) is 11.5 Å². The minimum absolute atomic E-state index is 0.305. The van der Waals surface area contributed by atoms with Crippen molar-refractivity contribution >= 4 is 17.4 Å². The van der Waals surface area contributed by atoms with E-state index >= 15 is 0 Å². The first-order valence-electron chi connectivity index (χ1n) is 8.35. The smallest absolute Gasteiger partial charge is 0.281 e. The van der Waals surface area contributed by atoms with E-state index in [9.17, 15) is 9.50 Å². The quantitative estimate of drug-likeness (QED) is 0.698. The maximum Gasteiger partial charge on any atom is 0.281 e. The second-order valence-electron chi connectivity index (χ2n) is 6.05. The SMILES string of the molecule is NCc1ccc(N2C=C(Sc3nnc(-c4ccc(F)cc4)o3)C(O)C2)cc1. The molecule has 0 spiro atoms. The van der Waals surface area contributed by atoms with E-state index in [0.29, 0.717) is 34.7 Å². The first kappa shape index (κ1) is 17.7. The fourth-order valence-electron chi connectivity index (χ4n) is 2.73. The molecule has 0 saturated heterocycles. The summed E-state index contributed by atoms with van der Waals surface area (Å²) in [7, 11) is 0. The number of β-amino-alcohol motifs (C(OH)–C–C–N with tert-alkyl or cyclic N) is 1. The highest BCUT2D eigenvalue weighted by Gasteiger charge is 2.26. The number of benzene rings is 2.